The molecule has 0 aromatic rings. The second-order valence-corrected chi connectivity index (χ2v) is 3.19. The van der Waals surface area contributed by atoms with Gasteiger partial charge in [-0.3, -0.25) is 0 Å². The van der Waals surface area contributed by atoms with E-state index in [0.717, 1.165) is 5.25 Å². The Labute approximate surface area is 57.1 Å². The van der Waals surface area contributed by atoms with Gasteiger partial charge in [0.15, 0.2) is 0 Å². The number of hydrogen-bond donors (Lipinski definition) is 0. The zero-order valence-corrected chi connectivity index (χ0v) is 6.92. The Hall–Kier alpha value is 0.350. The monoisotopic (exact) mass is 132 g/mol. The van der Waals surface area contributed by atoms with E-state index in [1.165, 1.54) is 19.3 Å². The SMILES string of the molecule is CCC[C@H](CC)SC. The summed E-state index contributed by atoms with van der Waals surface area (Å²) in [4.78, 5) is 0. The predicted molar refractivity (Wildman–Crippen MR) is 42.5 cm³/mol. The highest BCUT2D eigenvalue weighted by atomic mass is 32.2. The standard InChI is InChI=1S/C7H16S/c1-4-6-7(5-2)8-3/h7H,4-6H2,1-3H3/t7-/m0/s1. The van der Waals surface area contributed by atoms with Crippen molar-refractivity contribution in [3.8, 4) is 0 Å². The third-order valence-corrected chi connectivity index (χ3v) is 2.64. The lowest BCUT2D eigenvalue weighted by molar-refractivity contribution is 0.721. The molecule has 1 atom stereocenters. The summed E-state index contributed by atoms with van der Waals surface area (Å²) in [5.74, 6) is 0. The molecule has 0 aliphatic rings. The largest absolute Gasteiger partial charge is 0.162 e. The fourth-order valence-electron chi connectivity index (χ4n) is 0.811. The van der Waals surface area contributed by atoms with E-state index < -0.39 is 0 Å². The lowest BCUT2D eigenvalue weighted by Gasteiger charge is -2.07. The highest BCUT2D eigenvalue weighted by Crippen LogP contribution is 2.15. The number of hydrogen-bond acceptors (Lipinski definition) is 1. The van der Waals surface area contributed by atoms with Crippen LogP contribution in [0.25, 0.3) is 0 Å². The molecule has 1 heteroatoms. The fourth-order valence-corrected chi connectivity index (χ4v) is 1.62. The molecule has 0 aliphatic carbocycles. The van der Waals surface area contributed by atoms with Gasteiger partial charge in [-0.2, -0.15) is 11.8 Å². The molecule has 0 saturated carbocycles. The van der Waals surface area contributed by atoms with E-state index in [4.69, 9.17) is 0 Å². The summed E-state index contributed by atoms with van der Waals surface area (Å²) in [7, 11) is 0. The highest BCUT2D eigenvalue weighted by Gasteiger charge is 1.99. The van der Waals surface area contributed by atoms with Crippen LogP contribution in [-0.2, 0) is 0 Å². The molecular formula is C7H16S. The molecule has 0 bridgehead atoms. The van der Waals surface area contributed by atoms with Gasteiger partial charge in [0.05, 0.1) is 0 Å². The second-order valence-electron chi connectivity index (χ2n) is 2.05. The highest BCUT2D eigenvalue weighted by molar-refractivity contribution is 7.99. The molecule has 0 aromatic carbocycles. The molecule has 0 rings (SSSR count). The van der Waals surface area contributed by atoms with Crippen molar-refractivity contribution in [1.29, 1.82) is 0 Å². The zero-order chi connectivity index (χ0) is 6.41. The van der Waals surface area contributed by atoms with Gasteiger partial charge in [-0.25, -0.2) is 0 Å². The Balaban J connectivity index is 3.07. The van der Waals surface area contributed by atoms with E-state index in [1.807, 2.05) is 11.8 Å². The van der Waals surface area contributed by atoms with Gasteiger partial charge in [0.25, 0.3) is 0 Å². The van der Waals surface area contributed by atoms with Crippen LogP contribution in [0.4, 0.5) is 0 Å². The Kier molecular flexibility index (Phi) is 5.73. The van der Waals surface area contributed by atoms with E-state index in [0.29, 0.717) is 0 Å². The van der Waals surface area contributed by atoms with Gasteiger partial charge in [0, 0.05) is 5.25 Å². The minimum atomic E-state index is 0.917. The van der Waals surface area contributed by atoms with Crippen LogP contribution in [0.1, 0.15) is 33.1 Å². The van der Waals surface area contributed by atoms with E-state index in [-0.39, 0.29) is 0 Å². The van der Waals surface area contributed by atoms with Gasteiger partial charge >= 0.3 is 0 Å². The van der Waals surface area contributed by atoms with E-state index >= 15 is 0 Å². The molecule has 0 nitrogen and oxygen atoms in total. The number of thioether (sulfide) groups is 1. The summed E-state index contributed by atoms with van der Waals surface area (Å²) in [6, 6.07) is 0. The van der Waals surface area contributed by atoms with Crippen LogP contribution in [0.15, 0.2) is 0 Å². The summed E-state index contributed by atoms with van der Waals surface area (Å²) in [6.07, 6.45) is 6.25. The number of rotatable bonds is 4. The Morgan fingerprint density at radius 2 is 2.00 bits per heavy atom. The molecule has 0 unspecified atom stereocenters. The van der Waals surface area contributed by atoms with Crippen LogP contribution in [0, 0.1) is 0 Å². The minimum absolute atomic E-state index is 0.917. The first-order valence-corrected chi connectivity index (χ1v) is 4.66. The first kappa shape index (κ1) is 8.35. The maximum absolute atomic E-state index is 2.26. The molecular weight excluding hydrogens is 116 g/mol. The summed E-state index contributed by atoms with van der Waals surface area (Å²) in [6.45, 7) is 4.51. The van der Waals surface area contributed by atoms with E-state index in [1.54, 1.807) is 0 Å². The molecule has 50 valence electrons. The van der Waals surface area contributed by atoms with Gasteiger partial charge in [-0.05, 0) is 19.1 Å². The molecule has 0 aliphatic heterocycles. The Bertz CT molecular complexity index is 39.7. The quantitative estimate of drug-likeness (QED) is 0.566. The third kappa shape index (κ3) is 3.36. The average Bonchev–Trinajstić information content (AvgIpc) is 1.83. The lowest BCUT2D eigenvalue weighted by Crippen LogP contribution is -1.97. The molecule has 8 heavy (non-hydrogen) atoms. The van der Waals surface area contributed by atoms with Crippen molar-refractivity contribution in [3.05, 3.63) is 0 Å². The Morgan fingerprint density at radius 1 is 1.38 bits per heavy atom. The first-order chi connectivity index (χ1) is 3.85. The second kappa shape index (κ2) is 5.49. The fraction of sp³-hybridized carbons (Fsp3) is 1.00. The van der Waals surface area contributed by atoms with Crippen molar-refractivity contribution in [3.63, 3.8) is 0 Å². The van der Waals surface area contributed by atoms with Crippen LogP contribution < -0.4 is 0 Å². The van der Waals surface area contributed by atoms with Crippen molar-refractivity contribution in [2.45, 2.75) is 38.4 Å². The molecule has 0 heterocycles. The molecule has 0 aromatic heterocycles. The minimum Gasteiger partial charge on any atom is -0.162 e. The summed E-state index contributed by atoms with van der Waals surface area (Å²) < 4.78 is 0. The molecule has 0 fully saturated rings. The third-order valence-electron chi connectivity index (χ3n) is 1.40. The van der Waals surface area contributed by atoms with Gasteiger partial charge in [0.2, 0.25) is 0 Å². The maximum Gasteiger partial charge on any atom is 0.00415 e. The van der Waals surface area contributed by atoms with Crippen molar-refractivity contribution >= 4 is 11.8 Å². The summed E-state index contributed by atoms with van der Waals surface area (Å²) in [5.41, 5.74) is 0. The van der Waals surface area contributed by atoms with Gasteiger partial charge in [-0.1, -0.05) is 20.3 Å². The van der Waals surface area contributed by atoms with Crippen molar-refractivity contribution in [2.24, 2.45) is 0 Å². The van der Waals surface area contributed by atoms with E-state index in [2.05, 4.69) is 20.1 Å². The molecule has 0 radical (unpaired) electrons. The summed E-state index contributed by atoms with van der Waals surface area (Å²) >= 11 is 1.99. The topological polar surface area (TPSA) is 0 Å². The van der Waals surface area contributed by atoms with Crippen molar-refractivity contribution < 1.29 is 0 Å². The smallest absolute Gasteiger partial charge is 0.00415 e. The molecule has 0 saturated heterocycles. The van der Waals surface area contributed by atoms with Gasteiger partial charge in [0.1, 0.15) is 0 Å². The van der Waals surface area contributed by atoms with Crippen LogP contribution in [0.3, 0.4) is 0 Å². The average molecular weight is 132 g/mol. The van der Waals surface area contributed by atoms with Crippen LogP contribution in [-0.4, -0.2) is 11.5 Å². The lowest BCUT2D eigenvalue weighted by atomic mass is 10.2. The molecule has 0 spiro atoms. The molecule has 0 amide bonds. The molecule has 0 N–H and O–H groups in total. The normalized spacial score (nSPS) is 13.9. The van der Waals surface area contributed by atoms with E-state index in [9.17, 15) is 0 Å². The van der Waals surface area contributed by atoms with Gasteiger partial charge < -0.3 is 0 Å². The predicted octanol–water partition coefficient (Wildman–Crippen LogP) is 2.93. The van der Waals surface area contributed by atoms with Crippen LogP contribution >= 0.6 is 11.8 Å². The first-order valence-electron chi connectivity index (χ1n) is 3.37. The van der Waals surface area contributed by atoms with Gasteiger partial charge in [-0.15, -0.1) is 0 Å². The van der Waals surface area contributed by atoms with Crippen molar-refractivity contribution in [1.82, 2.24) is 0 Å². The van der Waals surface area contributed by atoms with Crippen LogP contribution in [0.5, 0.6) is 0 Å². The van der Waals surface area contributed by atoms with Crippen molar-refractivity contribution in [2.75, 3.05) is 6.26 Å². The zero-order valence-electron chi connectivity index (χ0n) is 6.11. The van der Waals surface area contributed by atoms with Crippen LogP contribution in [0.2, 0.25) is 0 Å². The Morgan fingerprint density at radius 3 is 2.12 bits per heavy atom. The summed E-state index contributed by atoms with van der Waals surface area (Å²) in [5, 5.41) is 0.917. The maximum atomic E-state index is 2.26.